The van der Waals surface area contributed by atoms with Crippen LogP contribution in [0.25, 0.3) is 16.8 Å². The summed E-state index contributed by atoms with van der Waals surface area (Å²) in [6.07, 6.45) is 4.58. The van der Waals surface area contributed by atoms with Gasteiger partial charge in [-0.2, -0.15) is 0 Å². The van der Waals surface area contributed by atoms with Crippen LogP contribution in [-0.2, 0) is 16.1 Å². The van der Waals surface area contributed by atoms with Crippen molar-refractivity contribution in [1.29, 1.82) is 0 Å². The van der Waals surface area contributed by atoms with Crippen LogP contribution in [0.2, 0.25) is 0 Å². The van der Waals surface area contributed by atoms with Crippen molar-refractivity contribution >= 4 is 23.4 Å². The van der Waals surface area contributed by atoms with Crippen LogP contribution in [0.5, 0.6) is 5.75 Å². The monoisotopic (exact) mass is 355 g/mol. The topological polar surface area (TPSA) is 61.6 Å². The van der Waals surface area contributed by atoms with Gasteiger partial charge in [0.05, 0.1) is 11.5 Å². The zero-order valence-corrected chi connectivity index (χ0v) is 14.5. The van der Waals surface area contributed by atoms with E-state index < -0.39 is 5.97 Å². The number of aromatic nitrogens is 1. The zero-order chi connectivity index (χ0) is 17.5. The van der Waals surface area contributed by atoms with Gasteiger partial charge in [-0.05, 0) is 42.1 Å². The lowest BCUT2D eigenvalue weighted by molar-refractivity contribution is -0.139. The van der Waals surface area contributed by atoms with Gasteiger partial charge in [0.1, 0.15) is 24.3 Å². The molecule has 5 nitrogen and oxygen atoms in total. The maximum absolute atomic E-state index is 11.8. The van der Waals surface area contributed by atoms with E-state index in [1.807, 2.05) is 48.7 Å². The molecular weight excluding hydrogens is 338 g/mol. The fourth-order valence-corrected chi connectivity index (χ4v) is 2.74. The predicted octanol–water partition coefficient (Wildman–Crippen LogP) is 4.56. The smallest absolute Gasteiger partial charge is 0.331 e. The number of esters is 1. The highest BCUT2D eigenvalue weighted by Gasteiger charge is 2.08. The van der Waals surface area contributed by atoms with E-state index in [1.165, 1.54) is 23.7 Å². The quantitative estimate of drug-likeness (QED) is 0.459. The van der Waals surface area contributed by atoms with E-state index in [0.717, 1.165) is 16.2 Å². The Labute approximate surface area is 149 Å². The first-order valence-electron chi connectivity index (χ1n) is 7.80. The first-order valence-corrected chi connectivity index (χ1v) is 8.68. The van der Waals surface area contributed by atoms with Gasteiger partial charge in [-0.3, -0.25) is 0 Å². The Hall–Kier alpha value is -2.86. The van der Waals surface area contributed by atoms with Gasteiger partial charge in [0.25, 0.3) is 0 Å². The zero-order valence-electron chi connectivity index (χ0n) is 13.7. The number of thiophene rings is 1. The molecule has 128 valence electrons. The number of ether oxygens (including phenoxy) is 2. The Morgan fingerprint density at radius 3 is 2.84 bits per heavy atom. The Kier molecular flexibility index (Phi) is 5.64. The number of rotatable bonds is 7. The van der Waals surface area contributed by atoms with Gasteiger partial charge in [0.15, 0.2) is 0 Å². The molecule has 3 aromatic rings. The van der Waals surface area contributed by atoms with Gasteiger partial charge in [0.2, 0.25) is 5.89 Å². The Morgan fingerprint density at radius 2 is 2.12 bits per heavy atom. The van der Waals surface area contributed by atoms with Crippen molar-refractivity contribution < 1.29 is 18.7 Å². The van der Waals surface area contributed by atoms with Crippen LogP contribution in [0.15, 0.2) is 58.5 Å². The van der Waals surface area contributed by atoms with Crippen molar-refractivity contribution in [3.05, 3.63) is 65.4 Å². The SMILES string of the molecule is CCOc1ccc(/C=C/C(=O)OCc2coc(-c3cccs3)n2)cc1. The highest BCUT2D eigenvalue weighted by atomic mass is 32.1. The van der Waals surface area contributed by atoms with Crippen molar-refractivity contribution in [1.82, 2.24) is 4.98 Å². The fraction of sp³-hybridized carbons (Fsp3) is 0.158. The maximum atomic E-state index is 11.8. The molecule has 0 radical (unpaired) electrons. The minimum absolute atomic E-state index is 0.0708. The molecule has 0 bridgehead atoms. The molecule has 0 fully saturated rings. The molecule has 0 atom stereocenters. The lowest BCUT2D eigenvalue weighted by Crippen LogP contribution is -2.00. The van der Waals surface area contributed by atoms with E-state index in [4.69, 9.17) is 13.9 Å². The molecule has 0 saturated heterocycles. The normalized spacial score (nSPS) is 10.9. The molecule has 0 spiro atoms. The third kappa shape index (κ3) is 4.81. The Bertz CT molecular complexity index is 835. The first-order chi connectivity index (χ1) is 12.2. The maximum Gasteiger partial charge on any atom is 0.331 e. The molecule has 3 rings (SSSR count). The second-order valence-corrected chi connectivity index (χ2v) is 6.01. The molecular formula is C19H17NO4S. The van der Waals surface area contributed by atoms with Crippen molar-refractivity contribution in [2.24, 2.45) is 0 Å². The molecule has 0 amide bonds. The van der Waals surface area contributed by atoms with Gasteiger partial charge in [-0.25, -0.2) is 9.78 Å². The van der Waals surface area contributed by atoms with E-state index in [1.54, 1.807) is 6.08 Å². The largest absolute Gasteiger partial charge is 0.494 e. The highest BCUT2D eigenvalue weighted by Crippen LogP contribution is 2.23. The second-order valence-electron chi connectivity index (χ2n) is 5.06. The van der Waals surface area contributed by atoms with Crippen molar-refractivity contribution in [2.45, 2.75) is 13.5 Å². The third-order valence-electron chi connectivity index (χ3n) is 3.25. The second kappa shape index (κ2) is 8.30. The van der Waals surface area contributed by atoms with Gasteiger partial charge in [0, 0.05) is 6.08 Å². The number of carbonyl (C=O) groups is 1. The minimum atomic E-state index is -0.436. The summed E-state index contributed by atoms with van der Waals surface area (Å²) in [5.41, 5.74) is 1.47. The number of carbonyl (C=O) groups excluding carboxylic acids is 1. The summed E-state index contributed by atoms with van der Waals surface area (Å²) in [5, 5.41) is 1.95. The molecule has 0 aliphatic heterocycles. The Balaban J connectivity index is 1.51. The standard InChI is InChI=1S/C19H17NO4S/c1-2-22-16-8-5-14(6-9-16)7-10-18(21)23-12-15-13-24-19(20-15)17-4-3-11-25-17/h3-11,13H,2,12H2,1H3/b10-7+. The van der Waals surface area contributed by atoms with Crippen LogP contribution in [0.4, 0.5) is 0 Å². The van der Waals surface area contributed by atoms with Crippen molar-refractivity contribution in [3.8, 4) is 16.5 Å². The average molecular weight is 355 g/mol. The fourth-order valence-electron chi connectivity index (χ4n) is 2.09. The molecule has 25 heavy (non-hydrogen) atoms. The summed E-state index contributed by atoms with van der Waals surface area (Å²) in [6, 6.07) is 11.3. The summed E-state index contributed by atoms with van der Waals surface area (Å²) >= 11 is 1.54. The molecule has 0 unspecified atom stereocenters. The Morgan fingerprint density at radius 1 is 1.28 bits per heavy atom. The molecule has 0 saturated carbocycles. The molecule has 1 aromatic carbocycles. The summed E-state index contributed by atoms with van der Waals surface area (Å²) in [6.45, 7) is 2.63. The van der Waals surface area contributed by atoms with E-state index in [9.17, 15) is 4.79 Å². The van der Waals surface area contributed by atoms with E-state index in [2.05, 4.69) is 4.98 Å². The van der Waals surface area contributed by atoms with Crippen molar-refractivity contribution in [2.75, 3.05) is 6.61 Å². The highest BCUT2D eigenvalue weighted by molar-refractivity contribution is 7.13. The molecule has 2 aromatic heterocycles. The van der Waals surface area contributed by atoms with E-state index >= 15 is 0 Å². The van der Waals surface area contributed by atoms with Crippen molar-refractivity contribution in [3.63, 3.8) is 0 Å². The summed E-state index contributed by atoms with van der Waals surface area (Å²) < 4.78 is 15.9. The lowest BCUT2D eigenvalue weighted by Gasteiger charge is -2.02. The molecule has 6 heteroatoms. The number of hydrogen-bond donors (Lipinski definition) is 0. The van der Waals surface area contributed by atoms with Gasteiger partial charge in [-0.15, -0.1) is 11.3 Å². The predicted molar refractivity (Wildman–Crippen MR) is 96.3 cm³/mol. The van der Waals surface area contributed by atoms with Crippen LogP contribution in [0, 0.1) is 0 Å². The number of oxazole rings is 1. The van der Waals surface area contributed by atoms with E-state index in [0.29, 0.717) is 18.2 Å². The molecule has 0 aliphatic carbocycles. The van der Waals surface area contributed by atoms with Crippen LogP contribution >= 0.6 is 11.3 Å². The molecule has 2 heterocycles. The molecule has 0 N–H and O–H groups in total. The van der Waals surface area contributed by atoms with Crippen LogP contribution < -0.4 is 4.74 Å². The van der Waals surface area contributed by atoms with Gasteiger partial charge < -0.3 is 13.9 Å². The first kappa shape index (κ1) is 17.0. The van der Waals surface area contributed by atoms with Gasteiger partial charge >= 0.3 is 5.97 Å². The van der Waals surface area contributed by atoms with E-state index in [-0.39, 0.29) is 6.61 Å². The van der Waals surface area contributed by atoms with Crippen LogP contribution in [0.1, 0.15) is 18.2 Å². The van der Waals surface area contributed by atoms with Gasteiger partial charge in [-0.1, -0.05) is 18.2 Å². The molecule has 0 aliphatic rings. The summed E-state index contributed by atoms with van der Waals surface area (Å²) in [5.74, 6) is 0.898. The summed E-state index contributed by atoms with van der Waals surface area (Å²) in [7, 11) is 0. The third-order valence-corrected chi connectivity index (χ3v) is 4.11. The minimum Gasteiger partial charge on any atom is -0.494 e. The average Bonchev–Trinajstić information content (AvgIpc) is 3.31. The summed E-state index contributed by atoms with van der Waals surface area (Å²) in [4.78, 5) is 17.0. The van der Waals surface area contributed by atoms with Crippen LogP contribution in [-0.4, -0.2) is 17.6 Å². The van der Waals surface area contributed by atoms with Crippen LogP contribution in [0.3, 0.4) is 0 Å². The lowest BCUT2D eigenvalue weighted by atomic mass is 10.2. The number of nitrogens with zero attached hydrogens (tertiary/aromatic N) is 1. The number of benzene rings is 1. The number of hydrogen-bond acceptors (Lipinski definition) is 6.